The molecule has 0 saturated heterocycles. The zero-order valence-electron chi connectivity index (χ0n) is 9.65. The molecule has 0 aromatic heterocycles. The van der Waals surface area contributed by atoms with Crippen molar-refractivity contribution in [1.29, 1.82) is 0 Å². The molecule has 2 unspecified atom stereocenters. The minimum atomic E-state index is -1.05. The molecule has 2 rings (SSSR count). The first-order valence-corrected chi connectivity index (χ1v) is 5.27. The van der Waals surface area contributed by atoms with Crippen LogP contribution in [-0.4, -0.2) is 23.4 Å². The van der Waals surface area contributed by atoms with E-state index < -0.39 is 6.29 Å². The normalized spacial score (nSPS) is 24.0. The average molecular weight is 224 g/mol. The molecule has 1 aliphatic rings. The molecular weight excluding hydrogens is 208 g/mol. The van der Waals surface area contributed by atoms with Crippen molar-refractivity contribution >= 4 is 0 Å². The van der Waals surface area contributed by atoms with Crippen molar-refractivity contribution in [1.82, 2.24) is 0 Å². The van der Waals surface area contributed by atoms with E-state index in [9.17, 15) is 10.2 Å². The van der Waals surface area contributed by atoms with Crippen LogP contribution in [0.4, 0.5) is 0 Å². The van der Waals surface area contributed by atoms with E-state index in [-0.39, 0.29) is 11.9 Å². The Morgan fingerprint density at radius 2 is 2.19 bits per heavy atom. The van der Waals surface area contributed by atoms with Gasteiger partial charge in [0.2, 0.25) is 0 Å². The highest BCUT2D eigenvalue weighted by molar-refractivity contribution is 5.54. The van der Waals surface area contributed by atoms with Crippen molar-refractivity contribution in [3.8, 4) is 11.5 Å². The summed E-state index contributed by atoms with van der Waals surface area (Å²) < 4.78 is 10.5. The second-order valence-electron chi connectivity index (χ2n) is 4.13. The van der Waals surface area contributed by atoms with Crippen molar-refractivity contribution in [2.45, 2.75) is 32.7 Å². The number of rotatable bonds is 1. The van der Waals surface area contributed by atoms with Gasteiger partial charge in [-0.25, -0.2) is 0 Å². The Kier molecular flexibility index (Phi) is 2.78. The summed E-state index contributed by atoms with van der Waals surface area (Å²) in [6, 6.07) is 1.85. The summed E-state index contributed by atoms with van der Waals surface area (Å²) in [6.45, 7) is 3.63. The van der Waals surface area contributed by atoms with Crippen LogP contribution in [0.2, 0.25) is 0 Å². The smallest absolute Gasteiger partial charge is 0.185 e. The largest absolute Gasteiger partial charge is 0.507 e. The Morgan fingerprint density at radius 3 is 2.81 bits per heavy atom. The van der Waals surface area contributed by atoms with Crippen LogP contribution in [0, 0.1) is 6.92 Å². The molecule has 0 amide bonds. The molecular formula is C12H16O4. The van der Waals surface area contributed by atoms with E-state index in [0.717, 1.165) is 5.56 Å². The van der Waals surface area contributed by atoms with Crippen LogP contribution in [0.1, 0.15) is 29.9 Å². The molecule has 0 bridgehead atoms. The first kappa shape index (κ1) is 11.2. The number of phenols is 1. The van der Waals surface area contributed by atoms with Crippen molar-refractivity contribution in [3.05, 3.63) is 22.8 Å². The average Bonchev–Trinajstić information content (AvgIpc) is 2.22. The number of ether oxygens (including phenoxy) is 2. The van der Waals surface area contributed by atoms with Crippen molar-refractivity contribution < 1.29 is 19.7 Å². The van der Waals surface area contributed by atoms with Gasteiger partial charge in [-0.1, -0.05) is 0 Å². The number of phenolic OH excluding ortho intramolecular Hbond substituents is 1. The van der Waals surface area contributed by atoms with E-state index in [1.807, 2.05) is 13.0 Å². The summed E-state index contributed by atoms with van der Waals surface area (Å²) >= 11 is 0. The second-order valence-corrected chi connectivity index (χ2v) is 4.13. The molecule has 16 heavy (non-hydrogen) atoms. The number of aliphatic hydroxyl groups is 1. The van der Waals surface area contributed by atoms with E-state index in [1.165, 1.54) is 0 Å². The van der Waals surface area contributed by atoms with E-state index in [1.54, 1.807) is 14.0 Å². The van der Waals surface area contributed by atoms with E-state index in [2.05, 4.69) is 0 Å². The lowest BCUT2D eigenvalue weighted by molar-refractivity contribution is -0.144. The first-order chi connectivity index (χ1) is 7.54. The third kappa shape index (κ3) is 1.64. The number of fused-ring (bicyclic) bond motifs is 1. The zero-order valence-corrected chi connectivity index (χ0v) is 9.65. The van der Waals surface area contributed by atoms with Crippen LogP contribution >= 0.6 is 0 Å². The van der Waals surface area contributed by atoms with Gasteiger partial charge in [0.25, 0.3) is 0 Å². The molecule has 1 heterocycles. The van der Waals surface area contributed by atoms with Gasteiger partial charge in [-0.3, -0.25) is 0 Å². The van der Waals surface area contributed by atoms with Gasteiger partial charge in [-0.05, 0) is 31.9 Å². The number of benzene rings is 1. The minimum Gasteiger partial charge on any atom is -0.507 e. The summed E-state index contributed by atoms with van der Waals surface area (Å²) in [7, 11) is 1.56. The van der Waals surface area contributed by atoms with Crippen LogP contribution < -0.4 is 4.74 Å². The molecule has 1 aromatic rings. The first-order valence-electron chi connectivity index (χ1n) is 5.27. The molecule has 0 spiro atoms. The van der Waals surface area contributed by atoms with Crippen LogP contribution in [-0.2, 0) is 11.2 Å². The Bertz CT molecular complexity index is 414. The molecule has 0 saturated carbocycles. The standard InChI is InChI=1S/C12H16O4/c1-6-4-8-5-9(15-3)7(2)11(13)10(8)12(14)16-6/h5-6,12-14H,4H2,1-3H3. The summed E-state index contributed by atoms with van der Waals surface area (Å²) in [6.07, 6.45) is -0.450. The molecule has 0 radical (unpaired) electrons. The van der Waals surface area contributed by atoms with E-state index >= 15 is 0 Å². The van der Waals surface area contributed by atoms with Crippen LogP contribution in [0.15, 0.2) is 6.07 Å². The molecule has 1 aromatic carbocycles. The Balaban J connectivity index is 2.59. The molecule has 2 atom stereocenters. The lowest BCUT2D eigenvalue weighted by Crippen LogP contribution is -2.23. The maximum atomic E-state index is 9.99. The van der Waals surface area contributed by atoms with Crippen molar-refractivity contribution in [2.24, 2.45) is 0 Å². The topological polar surface area (TPSA) is 58.9 Å². The highest BCUT2D eigenvalue weighted by Gasteiger charge is 2.28. The van der Waals surface area contributed by atoms with E-state index in [0.29, 0.717) is 23.3 Å². The predicted octanol–water partition coefficient (Wildman–Crippen LogP) is 1.66. The Labute approximate surface area is 94.4 Å². The van der Waals surface area contributed by atoms with Gasteiger partial charge in [-0.15, -0.1) is 0 Å². The fourth-order valence-corrected chi connectivity index (χ4v) is 2.12. The number of hydrogen-bond donors (Lipinski definition) is 2. The minimum absolute atomic E-state index is 0.0608. The van der Waals surface area contributed by atoms with Gasteiger partial charge < -0.3 is 19.7 Å². The SMILES string of the molecule is COc1cc2c(c(O)c1C)C(O)OC(C)C2. The maximum absolute atomic E-state index is 9.99. The summed E-state index contributed by atoms with van der Waals surface area (Å²) in [4.78, 5) is 0. The third-order valence-corrected chi connectivity index (χ3v) is 2.97. The lowest BCUT2D eigenvalue weighted by Gasteiger charge is -2.28. The lowest BCUT2D eigenvalue weighted by atomic mass is 9.95. The van der Waals surface area contributed by atoms with Gasteiger partial charge in [0, 0.05) is 5.56 Å². The van der Waals surface area contributed by atoms with Gasteiger partial charge in [-0.2, -0.15) is 0 Å². The Morgan fingerprint density at radius 1 is 1.50 bits per heavy atom. The van der Waals surface area contributed by atoms with Gasteiger partial charge in [0.05, 0.1) is 18.8 Å². The number of aliphatic hydroxyl groups excluding tert-OH is 1. The fourth-order valence-electron chi connectivity index (χ4n) is 2.12. The molecule has 88 valence electrons. The van der Waals surface area contributed by atoms with Crippen LogP contribution in [0.5, 0.6) is 11.5 Å². The molecule has 1 aliphatic heterocycles. The maximum Gasteiger partial charge on any atom is 0.185 e. The number of aromatic hydroxyl groups is 1. The quantitative estimate of drug-likeness (QED) is 0.761. The van der Waals surface area contributed by atoms with Crippen molar-refractivity contribution in [2.75, 3.05) is 7.11 Å². The Hall–Kier alpha value is -1.26. The molecule has 2 N–H and O–H groups in total. The number of hydrogen-bond acceptors (Lipinski definition) is 4. The van der Waals surface area contributed by atoms with Gasteiger partial charge >= 0.3 is 0 Å². The zero-order chi connectivity index (χ0) is 11.9. The van der Waals surface area contributed by atoms with Crippen molar-refractivity contribution in [3.63, 3.8) is 0 Å². The van der Waals surface area contributed by atoms with Crippen LogP contribution in [0.25, 0.3) is 0 Å². The van der Waals surface area contributed by atoms with Crippen LogP contribution in [0.3, 0.4) is 0 Å². The van der Waals surface area contributed by atoms with Gasteiger partial charge in [0.15, 0.2) is 6.29 Å². The highest BCUT2D eigenvalue weighted by Crippen LogP contribution is 2.40. The summed E-state index contributed by atoms with van der Waals surface area (Å²) in [5, 5.41) is 19.8. The fraction of sp³-hybridized carbons (Fsp3) is 0.500. The monoisotopic (exact) mass is 224 g/mol. The highest BCUT2D eigenvalue weighted by atomic mass is 16.6. The summed E-state index contributed by atoms with van der Waals surface area (Å²) in [5.74, 6) is 0.700. The molecule has 0 fully saturated rings. The molecule has 0 aliphatic carbocycles. The predicted molar refractivity (Wildman–Crippen MR) is 58.6 cm³/mol. The van der Waals surface area contributed by atoms with Gasteiger partial charge in [0.1, 0.15) is 11.5 Å². The second kappa shape index (κ2) is 3.96. The molecule has 4 nitrogen and oxygen atoms in total. The number of methoxy groups -OCH3 is 1. The summed E-state index contributed by atoms with van der Waals surface area (Å²) in [5.41, 5.74) is 1.97. The molecule has 4 heteroatoms. The third-order valence-electron chi connectivity index (χ3n) is 2.97. The van der Waals surface area contributed by atoms with E-state index in [4.69, 9.17) is 9.47 Å².